The zero-order valence-electron chi connectivity index (χ0n) is 10.0. The molecule has 0 atom stereocenters. The number of hydrogen-bond donors (Lipinski definition) is 1. The second-order valence-corrected chi connectivity index (χ2v) is 6.80. The molecule has 0 aromatic carbocycles. The van der Waals surface area contributed by atoms with Crippen molar-refractivity contribution in [2.24, 2.45) is 0 Å². The minimum atomic E-state index is -3.23. The first-order valence-electron chi connectivity index (χ1n) is 5.26. The summed E-state index contributed by atoms with van der Waals surface area (Å²) in [4.78, 5) is 8.22. The van der Waals surface area contributed by atoms with Gasteiger partial charge < -0.3 is 5.32 Å². The van der Waals surface area contributed by atoms with Gasteiger partial charge in [0.15, 0.2) is 14.9 Å². The summed E-state index contributed by atoms with van der Waals surface area (Å²) < 4.78 is 22.5. The summed E-state index contributed by atoms with van der Waals surface area (Å²) >= 11 is 1.59. The number of sulfone groups is 1. The van der Waals surface area contributed by atoms with E-state index in [2.05, 4.69) is 15.3 Å². The van der Waals surface area contributed by atoms with E-state index in [0.29, 0.717) is 6.54 Å². The minimum Gasteiger partial charge on any atom is -0.377 e. The number of hydrogen-bond acceptors (Lipinski definition) is 6. The van der Waals surface area contributed by atoms with Gasteiger partial charge in [0.2, 0.25) is 0 Å². The average molecular weight is 283 g/mol. The summed E-state index contributed by atoms with van der Waals surface area (Å²) in [5.41, 5.74) is 1.78. The van der Waals surface area contributed by atoms with Crippen molar-refractivity contribution in [3.05, 3.63) is 34.4 Å². The molecule has 2 aromatic heterocycles. The van der Waals surface area contributed by atoms with Crippen LogP contribution >= 0.6 is 11.3 Å². The SMILES string of the molecule is Cc1csc(CNc2ccc(S(C)(=O)=O)nc2)n1. The lowest BCUT2D eigenvalue weighted by Crippen LogP contribution is -2.03. The van der Waals surface area contributed by atoms with E-state index in [1.54, 1.807) is 17.4 Å². The first-order valence-corrected chi connectivity index (χ1v) is 8.03. The van der Waals surface area contributed by atoms with E-state index in [1.807, 2.05) is 12.3 Å². The topological polar surface area (TPSA) is 72.0 Å². The molecule has 7 heteroatoms. The van der Waals surface area contributed by atoms with Crippen LogP contribution in [0.4, 0.5) is 5.69 Å². The maximum atomic E-state index is 11.2. The zero-order chi connectivity index (χ0) is 13.2. The van der Waals surface area contributed by atoms with Crippen LogP contribution in [0.3, 0.4) is 0 Å². The van der Waals surface area contributed by atoms with Crippen molar-refractivity contribution in [2.45, 2.75) is 18.5 Å². The van der Waals surface area contributed by atoms with Gasteiger partial charge in [0.1, 0.15) is 5.01 Å². The van der Waals surface area contributed by atoms with E-state index in [9.17, 15) is 8.42 Å². The second-order valence-electron chi connectivity index (χ2n) is 3.89. The summed E-state index contributed by atoms with van der Waals surface area (Å²) in [6.07, 6.45) is 2.65. The third-order valence-corrected chi connectivity index (χ3v) is 4.19. The van der Waals surface area contributed by atoms with E-state index in [4.69, 9.17) is 0 Å². The lowest BCUT2D eigenvalue weighted by Gasteiger charge is -2.04. The molecule has 0 unspecified atom stereocenters. The summed E-state index contributed by atoms with van der Waals surface area (Å²) in [5, 5.41) is 6.20. The predicted octanol–water partition coefficient (Wildman–Crippen LogP) is 1.86. The fourth-order valence-corrected chi connectivity index (χ4v) is 2.64. The molecule has 0 fully saturated rings. The Morgan fingerprint density at radius 2 is 2.17 bits per heavy atom. The number of nitrogens with zero attached hydrogens (tertiary/aromatic N) is 2. The van der Waals surface area contributed by atoms with Gasteiger partial charge in [0.05, 0.1) is 18.4 Å². The van der Waals surface area contributed by atoms with Gasteiger partial charge in [0.25, 0.3) is 0 Å². The standard InChI is InChI=1S/C11H13N3O2S2/c1-8-7-17-10(14-8)6-12-9-3-4-11(13-5-9)18(2,15)16/h3-5,7,12H,6H2,1-2H3. The van der Waals surface area contributed by atoms with E-state index < -0.39 is 9.84 Å². The molecular formula is C11H13N3O2S2. The Hall–Kier alpha value is -1.47. The van der Waals surface area contributed by atoms with Crippen LogP contribution in [0.2, 0.25) is 0 Å². The van der Waals surface area contributed by atoms with Crippen LogP contribution in [0.25, 0.3) is 0 Å². The highest BCUT2D eigenvalue weighted by molar-refractivity contribution is 7.90. The fraction of sp³-hybridized carbons (Fsp3) is 0.273. The number of rotatable bonds is 4. The van der Waals surface area contributed by atoms with Crippen LogP contribution in [0, 0.1) is 6.92 Å². The molecule has 0 aliphatic rings. The van der Waals surface area contributed by atoms with Gasteiger partial charge in [-0.05, 0) is 19.1 Å². The molecule has 0 saturated carbocycles. The Balaban J connectivity index is 2.03. The van der Waals surface area contributed by atoms with Gasteiger partial charge in [0, 0.05) is 17.3 Å². The molecule has 18 heavy (non-hydrogen) atoms. The molecule has 0 amide bonds. The quantitative estimate of drug-likeness (QED) is 0.927. The average Bonchev–Trinajstić information content (AvgIpc) is 2.72. The highest BCUT2D eigenvalue weighted by Crippen LogP contribution is 2.13. The molecule has 0 aliphatic carbocycles. The molecule has 96 valence electrons. The molecule has 2 heterocycles. The molecule has 5 nitrogen and oxygen atoms in total. The van der Waals surface area contributed by atoms with Gasteiger partial charge in [-0.15, -0.1) is 11.3 Å². The van der Waals surface area contributed by atoms with Crippen molar-refractivity contribution in [2.75, 3.05) is 11.6 Å². The molecular weight excluding hydrogens is 270 g/mol. The van der Waals surface area contributed by atoms with Crippen molar-refractivity contribution in [3.63, 3.8) is 0 Å². The largest absolute Gasteiger partial charge is 0.377 e. The van der Waals surface area contributed by atoms with E-state index in [1.165, 1.54) is 12.3 Å². The van der Waals surface area contributed by atoms with Crippen molar-refractivity contribution >= 4 is 26.9 Å². The normalized spacial score (nSPS) is 11.4. The van der Waals surface area contributed by atoms with Crippen LogP contribution in [-0.4, -0.2) is 24.6 Å². The van der Waals surface area contributed by atoms with Crippen LogP contribution in [0.15, 0.2) is 28.7 Å². The molecule has 0 radical (unpaired) electrons. The van der Waals surface area contributed by atoms with Crippen LogP contribution in [0.1, 0.15) is 10.7 Å². The van der Waals surface area contributed by atoms with Gasteiger partial charge >= 0.3 is 0 Å². The van der Waals surface area contributed by atoms with Crippen LogP contribution < -0.4 is 5.32 Å². The number of nitrogens with one attached hydrogen (secondary N) is 1. The van der Waals surface area contributed by atoms with Gasteiger partial charge in [-0.25, -0.2) is 18.4 Å². The van der Waals surface area contributed by atoms with E-state index >= 15 is 0 Å². The Morgan fingerprint density at radius 1 is 1.39 bits per heavy atom. The summed E-state index contributed by atoms with van der Waals surface area (Å²) in [7, 11) is -3.23. The van der Waals surface area contributed by atoms with Crippen LogP contribution in [-0.2, 0) is 16.4 Å². The molecule has 2 aromatic rings. The van der Waals surface area contributed by atoms with Crippen LogP contribution in [0.5, 0.6) is 0 Å². The minimum absolute atomic E-state index is 0.0816. The maximum Gasteiger partial charge on any atom is 0.192 e. The number of thiazole rings is 1. The zero-order valence-corrected chi connectivity index (χ0v) is 11.7. The van der Waals surface area contributed by atoms with E-state index in [0.717, 1.165) is 22.6 Å². The molecule has 1 N–H and O–H groups in total. The third kappa shape index (κ3) is 3.27. The number of aromatic nitrogens is 2. The smallest absolute Gasteiger partial charge is 0.192 e. The van der Waals surface area contributed by atoms with Crippen molar-refractivity contribution in [3.8, 4) is 0 Å². The molecule has 0 bridgehead atoms. The second kappa shape index (κ2) is 5.03. The molecule has 0 spiro atoms. The summed E-state index contributed by atoms with van der Waals surface area (Å²) in [6, 6.07) is 3.19. The van der Waals surface area contributed by atoms with E-state index in [-0.39, 0.29) is 5.03 Å². The van der Waals surface area contributed by atoms with Crippen molar-refractivity contribution < 1.29 is 8.42 Å². The first kappa shape index (κ1) is 13.0. The maximum absolute atomic E-state index is 11.2. The molecule has 0 aliphatic heterocycles. The molecule has 0 saturated heterocycles. The Kier molecular flexibility index (Phi) is 3.63. The number of pyridine rings is 1. The summed E-state index contributed by atoms with van der Waals surface area (Å²) in [5.74, 6) is 0. The van der Waals surface area contributed by atoms with Crippen molar-refractivity contribution in [1.29, 1.82) is 0 Å². The lowest BCUT2D eigenvalue weighted by molar-refractivity contribution is 0.598. The van der Waals surface area contributed by atoms with Crippen molar-refractivity contribution in [1.82, 2.24) is 9.97 Å². The monoisotopic (exact) mass is 283 g/mol. The number of anilines is 1. The lowest BCUT2D eigenvalue weighted by atomic mass is 10.4. The van der Waals surface area contributed by atoms with Gasteiger partial charge in [-0.2, -0.15) is 0 Å². The molecule has 2 rings (SSSR count). The first-order chi connectivity index (χ1) is 8.45. The highest BCUT2D eigenvalue weighted by atomic mass is 32.2. The van der Waals surface area contributed by atoms with Gasteiger partial charge in [-0.3, -0.25) is 0 Å². The summed E-state index contributed by atoms with van der Waals surface area (Å²) in [6.45, 7) is 2.56. The highest BCUT2D eigenvalue weighted by Gasteiger charge is 2.07. The Morgan fingerprint density at radius 3 is 2.67 bits per heavy atom. The fourth-order valence-electron chi connectivity index (χ4n) is 1.37. The third-order valence-electron chi connectivity index (χ3n) is 2.23. The van der Waals surface area contributed by atoms with Gasteiger partial charge in [-0.1, -0.05) is 0 Å². The number of aryl methyl sites for hydroxylation is 1. The Labute approximate surface area is 110 Å². The predicted molar refractivity (Wildman–Crippen MR) is 71.5 cm³/mol. The Bertz CT molecular complexity index is 633.